The minimum atomic E-state index is -1.73. The van der Waals surface area contributed by atoms with Gasteiger partial charge in [-0.1, -0.05) is 36.4 Å². The molecule has 0 spiro atoms. The summed E-state index contributed by atoms with van der Waals surface area (Å²) in [5.41, 5.74) is -2.26. The molecular formula is C26H31N3O5S. The zero-order valence-electron chi connectivity index (χ0n) is 20.0. The zero-order chi connectivity index (χ0) is 25.2. The van der Waals surface area contributed by atoms with Crippen LogP contribution in [0, 0.1) is 5.41 Å². The lowest BCUT2D eigenvalue weighted by molar-refractivity contribution is -0.173. The molecule has 9 heteroatoms. The normalized spacial score (nSPS) is 26.9. The van der Waals surface area contributed by atoms with Crippen LogP contribution in [0.5, 0.6) is 0 Å². The monoisotopic (exact) mass is 497 g/mol. The summed E-state index contributed by atoms with van der Waals surface area (Å²) in [4.78, 5) is 44.9. The van der Waals surface area contributed by atoms with Gasteiger partial charge in [0.1, 0.15) is 5.54 Å². The molecule has 3 atom stereocenters. The molecule has 0 aromatic heterocycles. The van der Waals surface area contributed by atoms with Crippen LogP contribution in [0.1, 0.15) is 20.3 Å². The highest BCUT2D eigenvalue weighted by Crippen LogP contribution is 2.49. The lowest BCUT2D eigenvalue weighted by atomic mass is 9.64. The molecule has 0 unspecified atom stereocenters. The van der Waals surface area contributed by atoms with Crippen molar-refractivity contribution in [3.05, 3.63) is 60.7 Å². The molecule has 0 aliphatic carbocycles. The van der Waals surface area contributed by atoms with Crippen molar-refractivity contribution in [2.45, 2.75) is 36.0 Å². The number of thioether (sulfide) groups is 1. The number of hydrogen-bond acceptors (Lipinski definition) is 5. The number of aliphatic carboxylic acids is 1. The van der Waals surface area contributed by atoms with Crippen LogP contribution in [0.4, 0.5) is 10.5 Å². The van der Waals surface area contributed by atoms with Crippen molar-refractivity contribution in [3.8, 4) is 0 Å². The van der Waals surface area contributed by atoms with Gasteiger partial charge in [0, 0.05) is 48.6 Å². The van der Waals surface area contributed by atoms with Crippen LogP contribution in [0.3, 0.4) is 0 Å². The number of carboxylic acid groups (broad SMARTS) is 2. The van der Waals surface area contributed by atoms with Gasteiger partial charge in [-0.15, -0.1) is 11.8 Å². The van der Waals surface area contributed by atoms with E-state index in [1.54, 1.807) is 4.90 Å². The van der Waals surface area contributed by atoms with E-state index < -0.39 is 28.9 Å². The Balaban J connectivity index is 1.59. The van der Waals surface area contributed by atoms with Crippen molar-refractivity contribution >= 4 is 35.4 Å². The fraction of sp³-hybridized carbons (Fsp3) is 0.423. The number of amides is 2. The van der Waals surface area contributed by atoms with Gasteiger partial charge >= 0.3 is 12.1 Å². The zero-order valence-corrected chi connectivity index (χ0v) is 20.8. The van der Waals surface area contributed by atoms with Crippen LogP contribution < -0.4 is 4.90 Å². The summed E-state index contributed by atoms with van der Waals surface area (Å²) >= 11 is 1.45. The first-order valence-electron chi connectivity index (χ1n) is 11.7. The number of rotatable bonds is 5. The minimum Gasteiger partial charge on any atom is -0.481 e. The number of nitrogens with zero attached hydrogens (tertiary/aromatic N) is 3. The molecule has 2 aliphatic rings. The molecule has 0 bridgehead atoms. The Kier molecular flexibility index (Phi) is 6.98. The molecule has 2 fully saturated rings. The molecule has 4 rings (SSSR count). The number of piperidine rings is 1. The molecule has 2 saturated heterocycles. The summed E-state index contributed by atoms with van der Waals surface area (Å²) in [6, 6.07) is 19.4. The topological polar surface area (TPSA) is 101 Å². The predicted octanol–water partition coefficient (Wildman–Crippen LogP) is 3.73. The molecular weight excluding hydrogens is 466 g/mol. The second-order valence-corrected chi connectivity index (χ2v) is 10.8. The van der Waals surface area contributed by atoms with E-state index in [0.29, 0.717) is 26.2 Å². The first-order valence-corrected chi connectivity index (χ1v) is 12.6. The van der Waals surface area contributed by atoms with Gasteiger partial charge in [-0.05, 0) is 44.5 Å². The highest BCUT2D eigenvalue weighted by Gasteiger charge is 2.64. The van der Waals surface area contributed by atoms with E-state index in [1.807, 2.05) is 60.7 Å². The maximum absolute atomic E-state index is 14.0. The van der Waals surface area contributed by atoms with Gasteiger partial charge in [-0.3, -0.25) is 14.5 Å². The predicted molar refractivity (Wildman–Crippen MR) is 135 cm³/mol. The van der Waals surface area contributed by atoms with Crippen LogP contribution in [0.2, 0.25) is 0 Å². The third-order valence-electron chi connectivity index (χ3n) is 7.49. The Bertz CT molecular complexity index is 1080. The molecule has 0 saturated carbocycles. The minimum absolute atomic E-state index is 0.0734. The summed E-state index contributed by atoms with van der Waals surface area (Å²) in [5.74, 6) is -1.61. The summed E-state index contributed by atoms with van der Waals surface area (Å²) in [6.45, 7) is 5.06. The largest absolute Gasteiger partial charge is 0.481 e. The van der Waals surface area contributed by atoms with Crippen LogP contribution in [-0.4, -0.2) is 81.5 Å². The van der Waals surface area contributed by atoms with Gasteiger partial charge in [-0.25, -0.2) is 4.79 Å². The summed E-state index contributed by atoms with van der Waals surface area (Å²) < 4.78 is 0. The van der Waals surface area contributed by atoms with E-state index in [-0.39, 0.29) is 18.2 Å². The average Bonchev–Trinajstić information content (AvgIpc) is 2.86. The van der Waals surface area contributed by atoms with Gasteiger partial charge in [0.2, 0.25) is 5.91 Å². The Morgan fingerprint density at radius 2 is 1.46 bits per heavy atom. The number of para-hydroxylation sites is 1. The molecule has 2 heterocycles. The van der Waals surface area contributed by atoms with E-state index in [0.717, 1.165) is 15.5 Å². The number of carboxylic acids is 1. The highest BCUT2D eigenvalue weighted by molar-refractivity contribution is 8.00. The lowest BCUT2D eigenvalue weighted by Gasteiger charge is -2.55. The quantitative estimate of drug-likeness (QED) is 0.649. The molecule has 8 nitrogen and oxygen atoms in total. The smallest absolute Gasteiger partial charge is 0.408 e. The Morgan fingerprint density at radius 3 is 2.00 bits per heavy atom. The van der Waals surface area contributed by atoms with Gasteiger partial charge < -0.3 is 20.0 Å². The molecule has 35 heavy (non-hydrogen) atoms. The van der Waals surface area contributed by atoms with Crippen LogP contribution in [0.15, 0.2) is 65.6 Å². The Labute approximate surface area is 209 Å². The van der Waals surface area contributed by atoms with E-state index in [1.165, 1.54) is 25.6 Å². The lowest BCUT2D eigenvalue weighted by Crippen LogP contribution is -2.74. The Morgan fingerprint density at radius 1 is 0.886 bits per heavy atom. The van der Waals surface area contributed by atoms with Crippen molar-refractivity contribution in [3.63, 3.8) is 0 Å². The number of benzene rings is 2. The van der Waals surface area contributed by atoms with Crippen LogP contribution in [0.25, 0.3) is 0 Å². The molecule has 186 valence electrons. The fourth-order valence-electron chi connectivity index (χ4n) is 5.20. The maximum Gasteiger partial charge on any atom is 0.408 e. The number of piperazine rings is 1. The van der Waals surface area contributed by atoms with E-state index >= 15 is 0 Å². The number of hydrogen-bond donors (Lipinski definition) is 2. The number of likely N-dealkylation sites (tertiary alicyclic amines) is 1. The fourth-order valence-corrected chi connectivity index (χ4v) is 6.54. The molecule has 2 aromatic rings. The molecule has 2 aliphatic heterocycles. The summed E-state index contributed by atoms with van der Waals surface area (Å²) in [5, 5.41) is 20.2. The number of anilines is 1. The van der Waals surface area contributed by atoms with Gasteiger partial charge in [0.25, 0.3) is 0 Å². The molecule has 2 N–H and O–H groups in total. The SMILES string of the molecule is C[C@]1(C(=O)N2CCN(c3ccccc3)CC2)N(C(=O)O)C[C@@H](Sc2ccccc2)C[C@]1(C)C(=O)O. The van der Waals surface area contributed by atoms with Crippen LogP contribution in [-0.2, 0) is 9.59 Å². The first-order chi connectivity index (χ1) is 16.7. The highest BCUT2D eigenvalue weighted by atomic mass is 32.2. The average molecular weight is 498 g/mol. The van der Waals surface area contributed by atoms with Gasteiger partial charge in [0.05, 0.1) is 5.41 Å². The van der Waals surface area contributed by atoms with E-state index in [2.05, 4.69) is 4.90 Å². The standard InChI is InChI=1S/C26H31N3O5S/c1-25(23(31)32)17-21(35-20-11-7-4-8-12-20)18-29(24(33)34)26(25,2)22(30)28-15-13-27(14-16-28)19-9-5-3-6-10-19/h3-12,21H,13-18H2,1-2H3,(H,31,32)(H,33,34)/t21-,25+,26+/m0/s1. The van der Waals surface area contributed by atoms with Gasteiger partial charge in [-0.2, -0.15) is 0 Å². The van der Waals surface area contributed by atoms with Crippen molar-refractivity contribution in [2.24, 2.45) is 5.41 Å². The Hall–Kier alpha value is -3.20. The van der Waals surface area contributed by atoms with Crippen molar-refractivity contribution in [1.29, 1.82) is 0 Å². The van der Waals surface area contributed by atoms with Crippen molar-refractivity contribution < 1.29 is 24.6 Å². The first kappa shape index (κ1) is 24.9. The van der Waals surface area contributed by atoms with Crippen molar-refractivity contribution in [1.82, 2.24) is 9.80 Å². The summed E-state index contributed by atoms with van der Waals surface area (Å²) in [6.07, 6.45) is -1.10. The summed E-state index contributed by atoms with van der Waals surface area (Å²) in [7, 11) is 0. The van der Waals surface area contributed by atoms with E-state index in [4.69, 9.17) is 0 Å². The number of carbonyl (C=O) groups excluding carboxylic acids is 1. The molecule has 2 amide bonds. The van der Waals surface area contributed by atoms with Crippen molar-refractivity contribution in [2.75, 3.05) is 37.6 Å². The van der Waals surface area contributed by atoms with Gasteiger partial charge in [0.15, 0.2) is 0 Å². The van der Waals surface area contributed by atoms with Crippen LogP contribution >= 0.6 is 11.8 Å². The second-order valence-electron chi connectivity index (χ2n) is 9.47. The van der Waals surface area contributed by atoms with E-state index in [9.17, 15) is 24.6 Å². The third kappa shape index (κ3) is 4.57. The number of carbonyl (C=O) groups is 3. The second kappa shape index (κ2) is 9.81. The molecule has 2 aromatic carbocycles. The third-order valence-corrected chi connectivity index (χ3v) is 8.68. The molecule has 0 radical (unpaired) electrons. The maximum atomic E-state index is 14.0.